The maximum Gasteiger partial charge on any atom is 0.436 e. The van der Waals surface area contributed by atoms with Crippen molar-refractivity contribution in [3.63, 3.8) is 0 Å². The zero-order valence-corrected chi connectivity index (χ0v) is 28.2. The number of nitrogens with one attached hydrogen (secondary N) is 1. The van der Waals surface area contributed by atoms with Gasteiger partial charge < -0.3 is 25.6 Å². The van der Waals surface area contributed by atoms with Gasteiger partial charge in [0.2, 0.25) is 10.0 Å². The highest BCUT2D eigenvalue weighted by Crippen LogP contribution is 2.39. The topological polar surface area (TPSA) is 143 Å². The van der Waals surface area contributed by atoms with Crippen LogP contribution in [0, 0.1) is 11.6 Å². The number of carbonyl (C=O) groups is 2. The third kappa shape index (κ3) is 7.23. The van der Waals surface area contributed by atoms with Gasteiger partial charge in [-0.05, 0) is 44.3 Å². The number of piperazine rings is 1. The quantitative estimate of drug-likeness (QED) is 0.363. The van der Waals surface area contributed by atoms with Crippen LogP contribution < -0.4 is 16.0 Å². The molecule has 46 heavy (non-hydrogen) atoms. The predicted molar refractivity (Wildman–Crippen MR) is 175 cm³/mol. The molecule has 252 valence electrons. The van der Waals surface area contributed by atoms with Gasteiger partial charge >= 0.3 is 6.09 Å². The molecule has 2 aliphatic rings. The van der Waals surface area contributed by atoms with E-state index in [4.69, 9.17) is 10.5 Å². The summed E-state index contributed by atoms with van der Waals surface area (Å²) < 4.78 is 62.2. The average Bonchev–Trinajstić information content (AvgIpc) is 3.32. The predicted octanol–water partition coefficient (Wildman–Crippen LogP) is 4.08. The van der Waals surface area contributed by atoms with E-state index in [1.165, 1.54) is 0 Å². The van der Waals surface area contributed by atoms with Gasteiger partial charge in [-0.25, -0.2) is 22.0 Å². The number of carbonyl (C=O) groups excluding carboxylic acids is 2. The number of hydrogen-bond donors (Lipinski definition) is 2. The zero-order valence-electron chi connectivity index (χ0n) is 25.7. The van der Waals surface area contributed by atoms with E-state index in [-0.39, 0.29) is 67.1 Å². The molecule has 0 bridgehead atoms. The molecule has 3 heterocycles. The van der Waals surface area contributed by atoms with E-state index in [0.717, 1.165) is 53.0 Å². The lowest BCUT2D eigenvalue weighted by atomic mass is 9.84. The molecule has 12 nitrogen and oxygen atoms in total. The molecule has 5 rings (SSSR count). The SMILES string of the molecule is CCOC(=O)n1nc2c(c1NC(=O)c1ccc(N3CCN(C)CC3)cc1N)CN(S(=O)(=O)c1cc(F)cc(F)c1)CC2(C)C.Cl.Cl. The lowest BCUT2D eigenvalue weighted by Crippen LogP contribution is -2.45. The zero-order chi connectivity index (χ0) is 32.0. The van der Waals surface area contributed by atoms with Gasteiger partial charge in [-0.3, -0.25) is 4.79 Å². The Bertz CT molecular complexity index is 1710. The van der Waals surface area contributed by atoms with Gasteiger partial charge in [-0.2, -0.15) is 9.40 Å². The fourth-order valence-corrected chi connectivity index (χ4v) is 7.14. The number of nitrogens with zero attached hydrogens (tertiary/aromatic N) is 5. The summed E-state index contributed by atoms with van der Waals surface area (Å²) in [5, 5.41) is 7.14. The van der Waals surface area contributed by atoms with Crippen LogP contribution in [0.15, 0.2) is 41.3 Å². The first kappa shape index (κ1) is 37.0. The Morgan fingerprint density at radius 1 is 1.04 bits per heavy atom. The lowest BCUT2D eigenvalue weighted by Gasteiger charge is -2.36. The van der Waals surface area contributed by atoms with Crippen molar-refractivity contribution in [2.45, 2.75) is 37.6 Å². The molecule has 3 N–H and O–H groups in total. The number of benzene rings is 2. The first-order valence-electron chi connectivity index (χ1n) is 14.1. The number of likely N-dealkylation sites (N-methyl/N-ethyl adjacent to an activating group) is 1. The van der Waals surface area contributed by atoms with E-state index < -0.39 is 44.0 Å². The number of aromatic nitrogens is 2. The second kappa shape index (κ2) is 14.1. The molecule has 1 fully saturated rings. The molecule has 2 aliphatic heterocycles. The Morgan fingerprint density at radius 2 is 1.67 bits per heavy atom. The summed E-state index contributed by atoms with van der Waals surface area (Å²) in [5.74, 6) is -2.82. The van der Waals surface area contributed by atoms with Crippen molar-refractivity contribution in [3.05, 3.63) is 64.9 Å². The van der Waals surface area contributed by atoms with Gasteiger partial charge in [0.15, 0.2) is 0 Å². The maximum absolute atomic E-state index is 14.0. The van der Waals surface area contributed by atoms with Crippen molar-refractivity contribution in [2.24, 2.45) is 0 Å². The van der Waals surface area contributed by atoms with Gasteiger partial charge in [0, 0.05) is 67.7 Å². The molecule has 3 aromatic rings. The Balaban J connectivity index is 0.00000288. The van der Waals surface area contributed by atoms with Crippen LogP contribution in [-0.2, 0) is 26.7 Å². The minimum absolute atomic E-state index is 0. The van der Waals surface area contributed by atoms with Crippen LogP contribution in [0.3, 0.4) is 0 Å². The van der Waals surface area contributed by atoms with Crippen molar-refractivity contribution in [1.82, 2.24) is 19.0 Å². The van der Waals surface area contributed by atoms with E-state index in [1.807, 2.05) is 0 Å². The number of nitrogens with two attached hydrogens (primary N) is 1. The number of halogens is 4. The van der Waals surface area contributed by atoms with E-state index in [0.29, 0.717) is 11.8 Å². The normalized spacial score (nSPS) is 16.5. The molecule has 1 aromatic heterocycles. The smallest absolute Gasteiger partial charge is 0.436 e. The number of ether oxygens (including phenoxy) is 1. The minimum atomic E-state index is -4.41. The third-order valence-electron chi connectivity index (χ3n) is 7.83. The fraction of sp³-hybridized carbons (Fsp3) is 0.414. The highest BCUT2D eigenvalue weighted by Gasteiger charge is 2.43. The van der Waals surface area contributed by atoms with Crippen LogP contribution >= 0.6 is 24.8 Å². The summed E-state index contributed by atoms with van der Waals surface area (Å²) in [7, 11) is -2.35. The first-order chi connectivity index (χ1) is 20.7. The van der Waals surface area contributed by atoms with Crippen LogP contribution in [0.5, 0.6) is 0 Å². The highest BCUT2D eigenvalue weighted by atomic mass is 35.5. The number of sulfonamides is 1. The van der Waals surface area contributed by atoms with Gasteiger partial charge in [0.1, 0.15) is 17.5 Å². The molecule has 0 aliphatic carbocycles. The second-order valence-electron chi connectivity index (χ2n) is 11.6. The molecule has 1 amide bonds. The summed E-state index contributed by atoms with van der Waals surface area (Å²) in [5.41, 5.74) is 7.16. The van der Waals surface area contributed by atoms with Crippen molar-refractivity contribution in [2.75, 3.05) is 62.3 Å². The minimum Gasteiger partial charge on any atom is -0.448 e. The van der Waals surface area contributed by atoms with Crippen molar-refractivity contribution >= 4 is 64.0 Å². The monoisotopic (exact) mass is 703 g/mol. The molecular formula is C29H37Cl2F2N7O5S. The van der Waals surface area contributed by atoms with Crippen LogP contribution in [0.2, 0.25) is 0 Å². The number of hydrogen-bond acceptors (Lipinski definition) is 9. The Hall–Kier alpha value is -3.50. The van der Waals surface area contributed by atoms with E-state index >= 15 is 0 Å². The largest absolute Gasteiger partial charge is 0.448 e. The molecule has 1 saturated heterocycles. The van der Waals surface area contributed by atoms with Crippen molar-refractivity contribution in [1.29, 1.82) is 0 Å². The third-order valence-corrected chi connectivity index (χ3v) is 9.59. The molecule has 17 heteroatoms. The molecule has 0 atom stereocenters. The Kier molecular flexibility index (Phi) is 11.3. The molecule has 0 radical (unpaired) electrons. The molecule has 0 saturated carbocycles. The number of anilines is 3. The number of rotatable bonds is 6. The van der Waals surface area contributed by atoms with Crippen LogP contribution in [0.1, 0.15) is 42.4 Å². The van der Waals surface area contributed by atoms with Gasteiger partial charge in [0.25, 0.3) is 5.91 Å². The summed E-state index contributed by atoms with van der Waals surface area (Å²) in [6.07, 6.45) is -0.881. The van der Waals surface area contributed by atoms with Crippen LogP contribution in [0.4, 0.5) is 30.8 Å². The maximum atomic E-state index is 14.0. The summed E-state index contributed by atoms with van der Waals surface area (Å²) in [4.78, 5) is 30.4. The number of fused-ring (bicyclic) bond motifs is 1. The van der Waals surface area contributed by atoms with Crippen LogP contribution in [0.25, 0.3) is 0 Å². The van der Waals surface area contributed by atoms with Gasteiger partial charge in [0.05, 0.1) is 22.8 Å². The first-order valence-corrected chi connectivity index (χ1v) is 15.6. The van der Waals surface area contributed by atoms with E-state index in [2.05, 4.69) is 27.3 Å². The number of amides is 1. The Labute approximate surface area is 278 Å². The second-order valence-corrected chi connectivity index (χ2v) is 13.5. The van der Waals surface area contributed by atoms with Crippen molar-refractivity contribution < 1.29 is 31.5 Å². The van der Waals surface area contributed by atoms with Crippen molar-refractivity contribution in [3.8, 4) is 0 Å². The highest BCUT2D eigenvalue weighted by molar-refractivity contribution is 7.89. The average molecular weight is 705 g/mol. The number of nitrogen functional groups attached to an aromatic ring is 1. The standard InChI is InChI=1S/C29H35F2N7O5S.2ClH/c1-5-43-28(40)38-26(33-27(39)22-7-6-20(15-24(22)32)36-10-8-35(4)9-11-36)23-16-37(17-29(2,3)25(23)34-38)44(41,42)21-13-18(30)12-19(31)14-21;;/h6-7,12-15H,5,8-11,16-17,32H2,1-4H3,(H,33,39);2*1H. The Morgan fingerprint density at radius 3 is 2.26 bits per heavy atom. The summed E-state index contributed by atoms with van der Waals surface area (Å²) >= 11 is 0. The molecule has 2 aromatic carbocycles. The molecular weight excluding hydrogens is 667 g/mol. The summed E-state index contributed by atoms with van der Waals surface area (Å²) in [6.45, 7) is 8.00. The van der Waals surface area contributed by atoms with Gasteiger partial charge in [-0.15, -0.1) is 29.5 Å². The molecule has 0 spiro atoms. The molecule has 0 unspecified atom stereocenters. The van der Waals surface area contributed by atoms with Gasteiger partial charge in [-0.1, -0.05) is 13.8 Å². The fourth-order valence-electron chi connectivity index (χ4n) is 5.53. The lowest BCUT2D eigenvalue weighted by molar-refractivity contribution is 0.102. The van der Waals surface area contributed by atoms with E-state index in [9.17, 15) is 26.8 Å². The van der Waals surface area contributed by atoms with Crippen LogP contribution in [-0.4, -0.2) is 85.8 Å². The van der Waals surface area contributed by atoms with E-state index in [1.54, 1.807) is 39.0 Å². The summed E-state index contributed by atoms with van der Waals surface area (Å²) in [6, 6.07) is 7.16.